The van der Waals surface area contributed by atoms with E-state index in [1.165, 1.54) is 0 Å². The van der Waals surface area contributed by atoms with Crippen LogP contribution >= 0.6 is 34.8 Å². The lowest BCUT2D eigenvalue weighted by Crippen LogP contribution is -1.92. The summed E-state index contributed by atoms with van der Waals surface area (Å²) in [5, 5.41) is 1.55. The molecule has 5 heteroatoms. The number of hydrogen-bond acceptors (Lipinski definition) is 2. The van der Waals surface area contributed by atoms with Crippen LogP contribution in [0.2, 0.25) is 15.1 Å². The van der Waals surface area contributed by atoms with E-state index in [9.17, 15) is 0 Å². The van der Waals surface area contributed by atoms with Crippen molar-refractivity contribution in [2.45, 2.75) is 0 Å². The van der Waals surface area contributed by atoms with E-state index in [2.05, 4.69) is 0 Å². The number of nitrogens with two attached hydrogens (primary N) is 1. The van der Waals surface area contributed by atoms with Gasteiger partial charge in [0.1, 0.15) is 11.5 Å². The Morgan fingerprint density at radius 1 is 0.824 bits per heavy atom. The SMILES string of the molecule is Nc1cc(Cl)ccc1Oc1cc(Cl)ccc1Cl. The normalized spacial score (nSPS) is 10.3. The zero-order valence-corrected chi connectivity index (χ0v) is 10.9. The van der Waals surface area contributed by atoms with Gasteiger partial charge in [-0.1, -0.05) is 34.8 Å². The second kappa shape index (κ2) is 5.05. The number of hydrogen-bond donors (Lipinski definition) is 1. The van der Waals surface area contributed by atoms with Crippen LogP contribution in [0.1, 0.15) is 0 Å². The third-order valence-corrected chi connectivity index (χ3v) is 2.87. The van der Waals surface area contributed by atoms with Crippen molar-refractivity contribution in [1.82, 2.24) is 0 Å². The van der Waals surface area contributed by atoms with Crippen LogP contribution in [0.25, 0.3) is 0 Å². The van der Waals surface area contributed by atoms with Crippen LogP contribution in [-0.2, 0) is 0 Å². The predicted octanol–water partition coefficient (Wildman–Crippen LogP) is 5.02. The van der Waals surface area contributed by atoms with Crippen LogP contribution in [0.4, 0.5) is 5.69 Å². The van der Waals surface area contributed by atoms with Gasteiger partial charge in [-0.3, -0.25) is 0 Å². The van der Waals surface area contributed by atoms with Crippen molar-refractivity contribution >= 4 is 40.5 Å². The molecule has 0 unspecified atom stereocenters. The maximum absolute atomic E-state index is 5.98. The van der Waals surface area contributed by atoms with Crippen molar-refractivity contribution in [1.29, 1.82) is 0 Å². The van der Waals surface area contributed by atoms with Gasteiger partial charge < -0.3 is 10.5 Å². The molecule has 0 radical (unpaired) electrons. The number of nitrogen functional groups attached to an aromatic ring is 1. The molecule has 0 aromatic heterocycles. The molecule has 2 aromatic rings. The van der Waals surface area contributed by atoms with E-state index in [4.69, 9.17) is 45.3 Å². The standard InChI is InChI=1S/C12H8Cl3NO/c13-7-2-4-11(10(16)5-7)17-12-6-8(14)1-3-9(12)15/h1-6H,16H2. The Labute approximate surface area is 114 Å². The predicted molar refractivity (Wildman–Crippen MR) is 72.4 cm³/mol. The molecular weight excluding hydrogens is 280 g/mol. The van der Waals surface area contributed by atoms with Crippen LogP contribution in [0, 0.1) is 0 Å². The highest BCUT2D eigenvalue weighted by Gasteiger charge is 2.07. The van der Waals surface area contributed by atoms with Crippen molar-refractivity contribution < 1.29 is 4.74 Å². The summed E-state index contributed by atoms with van der Waals surface area (Å²) in [6.07, 6.45) is 0. The van der Waals surface area contributed by atoms with Crippen molar-refractivity contribution in [2.24, 2.45) is 0 Å². The van der Waals surface area contributed by atoms with E-state index in [0.29, 0.717) is 32.3 Å². The average Bonchev–Trinajstić information content (AvgIpc) is 2.27. The van der Waals surface area contributed by atoms with Crippen LogP contribution in [0.15, 0.2) is 36.4 Å². The van der Waals surface area contributed by atoms with Gasteiger partial charge in [0.15, 0.2) is 0 Å². The molecule has 0 aliphatic carbocycles. The number of halogens is 3. The van der Waals surface area contributed by atoms with Crippen molar-refractivity contribution in [3.63, 3.8) is 0 Å². The van der Waals surface area contributed by atoms with Gasteiger partial charge in [0.05, 0.1) is 10.7 Å². The fraction of sp³-hybridized carbons (Fsp3) is 0. The molecule has 88 valence electrons. The first-order valence-electron chi connectivity index (χ1n) is 4.74. The Balaban J connectivity index is 2.34. The van der Waals surface area contributed by atoms with E-state index in [0.717, 1.165) is 0 Å². The summed E-state index contributed by atoms with van der Waals surface area (Å²) >= 11 is 17.6. The van der Waals surface area contributed by atoms with E-state index < -0.39 is 0 Å². The molecule has 0 atom stereocenters. The highest BCUT2D eigenvalue weighted by Crippen LogP contribution is 2.35. The minimum atomic E-state index is 0.438. The van der Waals surface area contributed by atoms with Gasteiger partial charge in [-0.25, -0.2) is 0 Å². The quantitative estimate of drug-likeness (QED) is 0.787. The molecule has 2 aromatic carbocycles. The van der Waals surface area contributed by atoms with Crippen LogP contribution in [0.3, 0.4) is 0 Å². The third-order valence-electron chi connectivity index (χ3n) is 2.08. The fourth-order valence-electron chi connectivity index (χ4n) is 1.29. The van der Waals surface area contributed by atoms with Gasteiger partial charge in [-0.05, 0) is 30.3 Å². The van der Waals surface area contributed by atoms with Crippen molar-refractivity contribution in [2.75, 3.05) is 5.73 Å². The molecular formula is C12H8Cl3NO. The monoisotopic (exact) mass is 287 g/mol. The molecule has 0 spiro atoms. The molecule has 0 heterocycles. The molecule has 2 rings (SSSR count). The van der Waals surface area contributed by atoms with Crippen LogP contribution < -0.4 is 10.5 Å². The Hall–Kier alpha value is -1.09. The van der Waals surface area contributed by atoms with Gasteiger partial charge in [0.25, 0.3) is 0 Å². The number of ether oxygens (including phenoxy) is 1. The smallest absolute Gasteiger partial charge is 0.150 e. The Morgan fingerprint density at radius 3 is 2.18 bits per heavy atom. The first-order chi connectivity index (χ1) is 8.06. The van der Waals surface area contributed by atoms with Crippen molar-refractivity contribution in [3.05, 3.63) is 51.5 Å². The molecule has 0 saturated carbocycles. The largest absolute Gasteiger partial charge is 0.454 e. The van der Waals surface area contributed by atoms with Crippen LogP contribution in [-0.4, -0.2) is 0 Å². The highest BCUT2D eigenvalue weighted by molar-refractivity contribution is 6.34. The molecule has 0 fully saturated rings. The van der Waals surface area contributed by atoms with E-state index in [-0.39, 0.29) is 0 Å². The summed E-state index contributed by atoms with van der Waals surface area (Å²) in [7, 11) is 0. The fourth-order valence-corrected chi connectivity index (χ4v) is 1.78. The number of benzene rings is 2. The minimum Gasteiger partial charge on any atom is -0.454 e. The first kappa shape index (κ1) is 12.4. The second-order valence-electron chi connectivity index (χ2n) is 3.36. The van der Waals surface area contributed by atoms with E-state index in [1.807, 2.05) is 0 Å². The second-order valence-corrected chi connectivity index (χ2v) is 4.64. The maximum atomic E-state index is 5.98. The summed E-state index contributed by atoms with van der Waals surface area (Å²) in [5.74, 6) is 0.937. The summed E-state index contributed by atoms with van der Waals surface area (Å²) in [4.78, 5) is 0. The number of anilines is 1. The Kier molecular flexibility index (Phi) is 3.67. The molecule has 17 heavy (non-hydrogen) atoms. The van der Waals surface area contributed by atoms with Gasteiger partial charge in [-0.2, -0.15) is 0 Å². The Morgan fingerprint density at radius 2 is 1.47 bits per heavy atom. The topological polar surface area (TPSA) is 35.2 Å². The zero-order chi connectivity index (χ0) is 12.4. The third kappa shape index (κ3) is 2.97. The molecule has 0 bridgehead atoms. The van der Waals surface area contributed by atoms with Gasteiger partial charge in [0.2, 0.25) is 0 Å². The lowest BCUT2D eigenvalue weighted by Gasteiger charge is -2.10. The average molecular weight is 289 g/mol. The molecule has 0 saturated heterocycles. The zero-order valence-electron chi connectivity index (χ0n) is 8.58. The van der Waals surface area contributed by atoms with Gasteiger partial charge >= 0.3 is 0 Å². The minimum absolute atomic E-state index is 0.438. The lowest BCUT2D eigenvalue weighted by molar-refractivity contribution is 0.485. The molecule has 0 aliphatic heterocycles. The van der Waals surface area contributed by atoms with Gasteiger partial charge in [0, 0.05) is 16.1 Å². The lowest BCUT2D eigenvalue weighted by atomic mass is 10.3. The summed E-state index contributed by atoms with van der Waals surface area (Å²) < 4.78 is 5.58. The number of rotatable bonds is 2. The Bertz CT molecular complexity index is 557. The summed E-state index contributed by atoms with van der Waals surface area (Å²) in [6, 6.07) is 9.93. The van der Waals surface area contributed by atoms with Crippen molar-refractivity contribution in [3.8, 4) is 11.5 Å². The highest BCUT2D eigenvalue weighted by atomic mass is 35.5. The van der Waals surface area contributed by atoms with E-state index in [1.54, 1.807) is 36.4 Å². The molecule has 0 aliphatic rings. The van der Waals surface area contributed by atoms with Gasteiger partial charge in [-0.15, -0.1) is 0 Å². The summed E-state index contributed by atoms with van der Waals surface area (Å²) in [5.41, 5.74) is 6.21. The van der Waals surface area contributed by atoms with Crippen LogP contribution in [0.5, 0.6) is 11.5 Å². The summed E-state index contributed by atoms with van der Waals surface area (Å²) in [6.45, 7) is 0. The molecule has 2 N–H and O–H groups in total. The van der Waals surface area contributed by atoms with E-state index >= 15 is 0 Å². The first-order valence-corrected chi connectivity index (χ1v) is 5.87. The molecule has 0 amide bonds. The maximum Gasteiger partial charge on any atom is 0.150 e. The molecule has 2 nitrogen and oxygen atoms in total.